The number of fused-ring (bicyclic) bond motifs is 1. The van der Waals surface area contributed by atoms with E-state index in [4.69, 9.17) is 9.73 Å². The van der Waals surface area contributed by atoms with Crippen molar-refractivity contribution in [2.45, 2.75) is 45.0 Å². The summed E-state index contributed by atoms with van der Waals surface area (Å²) in [5, 5.41) is 2.83. The van der Waals surface area contributed by atoms with E-state index in [2.05, 4.69) is 5.32 Å². The van der Waals surface area contributed by atoms with Crippen LogP contribution >= 0.6 is 0 Å². The normalized spacial score (nSPS) is 15.9. The summed E-state index contributed by atoms with van der Waals surface area (Å²) in [6.45, 7) is 5.30. The molecule has 1 aliphatic heterocycles. The standard InChI is InChI=1S/C31H34N4O4/c1-31(2,3)39-30(38)35(5)25(20-21-14-8-6-9-15-21)28(36)33-27-29(37)34(4)24-19-13-12-18-23(24)26(32-27)22-16-10-7-11-17-22/h6-19,25,27H,20H2,1-5H3,(H,33,36). The molecule has 0 radical (unpaired) electrons. The first-order valence-corrected chi connectivity index (χ1v) is 12.9. The second kappa shape index (κ2) is 11.5. The van der Waals surface area contributed by atoms with E-state index in [1.54, 1.807) is 27.8 Å². The summed E-state index contributed by atoms with van der Waals surface area (Å²) in [6.07, 6.45) is -1.60. The van der Waals surface area contributed by atoms with Crippen molar-refractivity contribution < 1.29 is 19.1 Å². The molecule has 202 valence electrons. The fraction of sp³-hybridized carbons (Fsp3) is 0.290. The maximum atomic E-state index is 13.8. The third kappa shape index (κ3) is 6.52. The van der Waals surface area contributed by atoms with Crippen LogP contribution in [0.15, 0.2) is 89.9 Å². The van der Waals surface area contributed by atoms with Gasteiger partial charge in [-0.2, -0.15) is 0 Å². The van der Waals surface area contributed by atoms with Gasteiger partial charge in [-0.05, 0) is 32.4 Å². The minimum Gasteiger partial charge on any atom is -0.444 e. The van der Waals surface area contributed by atoms with Crippen molar-refractivity contribution in [3.05, 3.63) is 102 Å². The zero-order valence-corrected chi connectivity index (χ0v) is 22.9. The van der Waals surface area contributed by atoms with E-state index in [1.807, 2.05) is 84.9 Å². The van der Waals surface area contributed by atoms with E-state index in [9.17, 15) is 14.4 Å². The van der Waals surface area contributed by atoms with Crippen molar-refractivity contribution in [1.29, 1.82) is 0 Å². The minimum absolute atomic E-state index is 0.231. The van der Waals surface area contributed by atoms with Gasteiger partial charge in [0.15, 0.2) is 0 Å². The number of para-hydroxylation sites is 1. The Balaban J connectivity index is 1.70. The van der Waals surface area contributed by atoms with E-state index >= 15 is 0 Å². The fourth-order valence-electron chi connectivity index (χ4n) is 4.38. The number of nitrogens with one attached hydrogen (secondary N) is 1. The molecule has 0 aromatic heterocycles. The van der Waals surface area contributed by atoms with Crippen molar-refractivity contribution in [2.75, 3.05) is 19.0 Å². The number of carbonyl (C=O) groups excluding carboxylic acids is 3. The molecule has 39 heavy (non-hydrogen) atoms. The van der Waals surface area contributed by atoms with Crippen LogP contribution in [0, 0.1) is 0 Å². The molecule has 1 heterocycles. The van der Waals surface area contributed by atoms with Gasteiger partial charge in [-0.3, -0.25) is 14.5 Å². The molecular weight excluding hydrogens is 492 g/mol. The Morgan fingerprint density at radius 2 is 1.56 bits per heavy atom. The predicted octanol–water partition coefficient (Wildman–Crippen LogP) is 4.42. The fourth-order valence-corrected chi connectivity index (χ4v) is 4.38. The highest BCUT2D eigenvalue weighted by molar-refractivity contribution is 6.20. The number of amides is 3. The average Bonchev–Trinajstić information content (AvgIpc) is 3.02. The Labute approximate surface area is 229 Å². The number of likely N-dealkylation sites (N-methyl/N-ethyl adjacent to an activating group) is 2. The molecule has 3 aromatic carbocycles. The van der Waals surface area contributed by atoms with Crippen LogP contribution < -0.4 is 10.2 Å². The summed E-state index contributed by atoms with van der Waals surface area (Å²) in [6, 6.07) is 25.5. The Morgan fingerprint density at radius 3 is 2.21 bits per heavy atom. The van der Waals surface area contributed by atoms with Gasteiger partial charge < -0.3 is 15.0 Å². The summed E-state index contributed by atoms with van der Waals surface area (Å²) in [5.41, 5.74) is 3.00. The molecule has 3 aromatic rings. The molecule has 0 spiro atoms. The highest BCUT2D eigenvalue weighted by Crippen LogP contribution is 2.27. The number of aliphatic imine (C=N–C) groups is 1. The van der Waals surface area contributed by atoms with E-state index in [-0.39, 0.29) is 12.3 Å². The van der Waals surface area contributed by atoms with Gasteiger partial charge in [0.2, 0.25) is 12.1 Å². The average molecular weight is 527 g/mol. The molecule has 0 fully saturated rings. The smallest absolute Gasteiger partial charge is 0.410 e. The second-order valence-electron chi connectivity index (χ2n) is 10.5. The van der Waals surface area contributed by atoms with Crippen LogP contribution in [0.25, 0.3) is 0 Å². The second-order valence-corrected chi connectivity index (χ2v) is 10.5. The number of benzodiazepines with no additional fused rings is 1. The lowest BCUT2D eigenvalue weighted by atomic mass is 10.0. The molecule has 0 saturated carbocycles. The Bertz CT molecular complexity index is 1370. The Morgan fingerprint density at radius 1 is 0.974 bits per heavy atom. The lowest BCUT2D eigenvalue weighted by molar-refractivity contribution is -0.130. The van der Waals surface area contributed by atoms with Crippen molar-refractivity contribution in [2.24, 2.45) is 4.99 Å². The lowest BCUT2D eigenvalue weighted by Crippen LogP contribution is -2.55. The maximum absolute atomic E-state index is 13.8. The lowest BCUT2D eigenvalue weighted by Gasteiger charge is -2.31. The van der Waals surface area contributed by atoms with Gasteiger partial charge in [0.1, 0.15) is 11.6 Å². The number of rotatable bonds is 6. The minimum atomic E-state index is -1.20. The third-order valence-corrected chi connectivity index (χ3v) is 6.39. The summed E-state index contributed by atoms with van der Waals surface area (Å²) in [5.74, 6) is -0.902. The van der Waals surface area contributed by atoms with Gasteiger partial charge in [0, 0.05) is 31.6 Å². The molecule has 3 amide bonds. The van der Waals surface area contributed by atoms with Gasteiger partial charge in [-0.1, -0.05) is 78.9 Å². The van der Waals surface area contributed by atoms with Gasteiger partial charge in [0.25, 0.3) is 5.91 Å². The van der Waals surface area contributed by atoms with Crippen molar-refractivity contribution in [3.63, 3.8) is 0 Å². The molecule has 2 unspecified atom stereocenters. The van der Waals surface area contributed by atoms with Crippen LogP contribution in [-0.2, 0) is 20.7 Å². The first-order chi connectivity index (χ1) is 18.5. The summed E-state index contributed by atoms with van der Waals surface area (Å²) < 4.78 is 5.54. The van der Waals surface area contributed by atoms with Crippen LogP contribution in [0.1, 0.15) is 37.5 Å². The molecule has 8 nitrogen and oxygen atoms in total. The number of hydrogen-bond donors (Lipinski definition) is 1. The number of nitrogens with zero attached hydrogens (tertiary/aromatic N) is 3. The van der Waals surface area contributed by atoms with Gasteiger partial charge in [-0.25, -0.2) is 9.79 Å². The number of ether oxygens (including phenoxy) is 1. The maximum Gasteiger partial charge on any atom is 0.410 e. The molecule has 1 aliphatic rings. The van der Waals surface area contributed by atoms with Gasteiger partial charge in [-0.15, -0.1) is 0 Å². The van der Waals surface area contributed by atoms with Gasteiger partial charge in [0.05, 0.1) is 11.4 Å². The molecule has 0 bridgehead atoms. The number of hydrogen-bond acceptors (Lipinski definition) is 5. The number of carbonyl (C=O) groups is 3. The highest BCUT2D eigenvalue weighted by atomic mass is 16.6. The largest absolute Gasteiger partial charge is 0.444 e. The van der Waals surface area contributed by atoms with Crippen LogP contribution in [-0.4, -0.2) is 60.4 Å². The summed E-state index contributed by atoms with van der Waals surface area (Å²) >= 11 is 0. The van der Waals surface area contributed by atoms with E-state index < -0.39 is 29.8 Å². The molecule has 0 aliphatic carbocycles. The first-order valence-electron chi connectivity index (χ1n) is 12.9. The molecule has 8 heteroatoms. The molecule has 4 rings (SSSR count). The Kier molecular flexibility index (Phi) is 8.14. The monoisotopic (exact) mass is 526 g/mol. The zero-order valence-electron chi connectivity index (χ0n) is 22.9. The first kappa shape index (κ1) is 27.6. The van der Waals surface area contributed by atoms with Gasteiger partial charge >= 0.3 is 6.09 Å². The highest BCUT2D eigenvalue weighted by Gasteiger charge is 2.35. The van der Waals surface area contributed by atoms with Crippen LogP contribution in [0.4, 0.5) is 10.5 Å². The van der Waals surface area contributed by atoms with Crippen LogP contribution in [0.2, 0.25) is 0 Å². The van der Waals surface area contributed by atoms with Crippen molar-refractivity contribution in [1.82, 2.24) is 10.2 Å². The quantitative estimate of drug-likeness (QED) is 0.515. The molecule has 1 N–H and O–H groups in total. The predicted molar refractivity (Wildman–Crippen MR) is 152 cm³/mol. The summed E-state index contributed by atoms with van der Waals surface area (Å²) in [4.78, 5) is 47.9. The molecule has 2 atom stereocenters. The molecule has 0 saturated heterocycles. The third-order valence-electron chi connectivity index (χ3n) is 6.39. The van der Waals surface area contributed by atoms with Crippen molar-refractivity contribution >= 4 is 29.3 Å². The van der Waals surface area contributed by atoms with E-state index in [1.165, 1.54) is 16.8 Å². The topological polar surface area (TPSA) is 91.3 Å². The number of benzene rings is 3. The van der Waals surface area contributed by atoms with E-state index in [0.717, 1.165) is 16.7 Å². The summed E-state index contributed by atoms with van der Waals surface area (Å²) in [7, 11) is 3.19. The van der Waals surface area contributed by atoms with Crippen LogP contribution in [0.5, 0.6) is 0 Å². The van der Waals surface area contributed by atoms with E-state index in [0.29, 0.717) is 11.4 Å². The SMILES string of the molecule is CN1C(=O)C(NC(=O)C(Cc2ccccc2)N(C)C(=O)OC(C)(C)C)N=C(c2ccccc2)c2ccccc21. The molecular formula is C31H34N4O4. The Hall–Kier alpha value is -4.46. The number of anilines is 1. The van der Waals surface area contributed by atoms with Crippen molar-refractivity contribution in [3.8, 4) is 0 Å². The zero-order chi connectivity index (χ0) is 28.2. The van der Waals surface area contributed by atoms with Crippen LogP contribution in [0.3, 0.4) is 0 Å².